The predicted octanol–water partition coefficient (Wildman–Crippen LogP) is 2.00. The van der Waals surface area contributed by atoms with Crippen molar-refractivity contribution in [1.29, 1.82) is 10.7 Å². The van der Waals surface area contributed by atoms with E-state index in [0.29, 0.717) is 60.9 Å². The first-order valence-corrected chi connectivity index (χ1v) is 10.9. The molecule has 0 unspecified atom stereocenters. The van der Waals surface area contributed by atoms with Crippen molar-refractivity contribution in [3.05, 3.63) is 57.7 Å². The molecule has 9 nitrogen and oxygen atoms in total. The van der Waals surface area contributed by atoms with Gasteiger partial charge >= 0.3 is 0 Å². The van der Waals surface area contributed by atoms with Crippen LogP contribution in [0, 0.1) is 16.7 Å². The van der Waals surface area contributed by atoms with Crippen LogP contribution in [-0.4, -0.2) is 67.3 Å². The molecule has 0 bridgehead atoms. The number of carbonyl (C=O) groups is 2. The van der Waals surface area contributed by atoms with Crippen molar-refractivity contribution >= 4 is 35.4 Å². The molecule has 2 amide bonds. The maximum absolute atomic E-state index is 12.5. The Kier molecular flexibility index (Phi) is 8.35. The molecular formula is C23H25ClN6O3. The summed E-state index contributed by atoms with van der Waals surface area (Å²) in [6.07, 6.45) is 3.35. The van der Waals surface area contributed by atoms with Crippen LogP contribution in [0.1, 0.15) is 33.5 Å². The number of hydrogen-bond acceptors (Lipinski definition) is 7. The van der Waals surface area contributed by atoms with E-state index >= 15 is 0 Å². The van der Waals surface area contributed by atoms with Gasteiger partial charge in [0.1, 0.15) is 11.9 Å². The van der Waals surface area contributed by atoms with Gasteiger partial charge in [-0.15, -0.1) is 0 Å². The second-order valence-electron chi connectivity index (χ2n) is 7.53. The number of primary amides is 1. The van der Waals surface area contributed by atoms with Crippen LogP contribution in [0.15, 0.2) is 30.5 Å². The fourth-order valence-corrected chi connectivity index (χ4v) is 3.92. The highest BCUT2D eigenvalue weighted by molar-refractivity contribution is 6.31. The molecule has 1 aliphatic rings. The van der Waals surface area contributed by atoms with Crippen molar-refractivity contribution in [2.45, 2.75) is 12.8 Å². The van der Waals surface area contributed by atoms with Crippen molar-refractivity contribution in [3.63, 3.8) is 0 Å². The standard InChI is InChI=1S/C23H25ClN6O3/c24-18-11-17(20(14-26)19(12-18)23(27)32)3-9-33-10-4-22(31)30-7-5-29(6-8-30)21-2-1-16(13-25)15-28-21/h1-2,11-12,14-15,26H,3-10H2,(H2,27,32). The number of aromatic nitrogens is 1. The van der Waals surface area contributed by atoms with Crippen molar-refractivity contribution < 1.29 is 14.3 Å². The minimum absolute atomic E-state index is 0.0291. The van der Waals surface area contributed by atoms with Crippen LogP contribution in [0.2, 0.25) is 5.02 Å². The molecule has 0 radical (unpaired) electrons. The normalized spacial score (nSPS) is 13.5. The molecule has 0 saturated carbocycles. The number of pyridine rings is 1. The van der Waals surface area contributed by atoms with Crippen LogP contribution in [0.5, 0.6) is 0 Å². The third kappa shape index (κ3) is 6.28. The van der Waals surface area contributed by atoms with Crippen LogP contribution in [0.4, 0.5) is 5.82 Å². The van der Waals surface area contributed by atoms with Crippen molar-refractivity contribution in [3.8, 4) is 6.07 Å². The molecule has 0 spiro atoms. The Morgan fingerprint density at radius 3 is 2.61 bits per heavy atom. The van der Waals surface area contributed by atoms with Gasteiger partial charge in [0.25, 0.3) is 0 Å². The molecule has 172 valence electrons. The molecule has 0 atom stereocenters. The molecule has 3 rings (SSSR count). The Balaban J connectivity index is 1.41. The van der Waals surface area contributed by atoms with Gasteiger partial charge in [0.15, 0.2) is 0 Å². The summed E-state index contributed by atoms with van der Waals surface area (Å²) in [5, 5.41) is 16.8. The molecule has 10 heteroatoms. The summed E-state index contributed by atoms with van der Waals surface area (Å²) < 4.78 is 5.62. The molecule has 2 aromatic rings. The topological polar surface area (TPSA) is 136 Å². The number of nitriles is 1. The average Bonchev–Trinajstić information content (AvgIpc) is 2.83. The zero-order valence-corrected chi connectivity index (χ0v) is 18.8. The molecule has 33 heavy (non-hydrogen) atoms. The fourth-order valence-electron chi connectivity index (χ4n) is 3.68. The molecule has 1 saturated heterocycles. The molecular weight excluding hydrogens is 444 g/mol. The van der Waals surface area contributed by atoms with Gasteiger partial charge in [-0.3, -0.25) is 9.59 Å². The summed E-state index contributed by atoms with van der Waals surface area (Å²) in [4.78, 5) is 32.3. The Bertz CT molecular complexity index is 1060. The Morgan fingerprint density at radius 2 is 2.00 bits per heavy atom. The summed E-state index contributed by atoms with van der Waals surface area (Å²) in [6, 6.07) is 8.74. The summed E-state index contributed by atoms with van der Waals surface area (Å²) in [5.74, 6) is 0.189. The highest BCUT2D eigenvalue weighted by atomic mass is 35.5. The average molecular weight is 469 g/mol. The fraction of sp³-hybridized carbons (Fsp3) is 0.348. The molecule has 1 aromatic carbocycles. The second kappa shape index (κ2) is 11.4. The SMILES string of the molecule is N#Cc1ccc(N2CCN(C(=O)CCOCCc3cc(Cl)cc(C(N)=O)c3C=N)CC2)nc1. The lowest BCUT2D eigenvalue weighted by molar-refractivity contribution is -0.132. The first-order chi connectivity index (χ1) is 15.9. The molecule has 3 N–H and O–H groups in total. The van der Waals surface area contributed by atoms with E-state index in [1.807, 2.05) is 11.0 Å². The van der Waals surface area contributed by atoms with Crippen LogP contribution in [0.3, 0.4) is 0 Å². The first-order valence-electron chi connectivity index (χ1n) is 10.5. The molecule has 1 aliphatic heterocycles. The van der Waals surface area contributed by atoms with E-state index in [2.05, 4.69) is 16.0 Å². The molecule has 0 aliphatic carbocycles. The van der Waals surface area contributed by atoms with Crippen molar-refractivity contribution in [2.75, 3.05) is 44.3 Å². The number of amides is 2. The first kappa shape index (κ1) is 24.2. The highest BCUT2D eigenvalue weighted by Gasteiger charge is 2.21. The Hall–Kier alpha value is -3.48. The van der Waals surface area contributed by atoms with Crippen LogP contribution >= 0.6 is 11.6 Å². The minimum Gasteiger partial charge on any atom is -0.381 e. The van der Waals surface area contributed by atoms with E-state index in [1.165, 1.54) is 6.07 Å². The van der Waals surface area contributed by atoms with Crippen molar-refractivity contribution in [1.82, 2.24) is 9.88 Å². The number of ether oxygens (including phenoxy) is 1. The third-order valence-corrected chi connectivity index (χ3v) is 5.67. The minimum atomic E-state index is -0.640. The zero-order chi connectivity index (χ0) is 23.8. The second-order valence-corrected chi connectivity index (χ2v) is 7.97. The lowest BCUT2D eigenvalue weighted by Gasteiger charge is -2.35. The number of piperazine rings is 1. The van der Waals surface area contributed by atoms with Gasteiger partial charge in [-0.25, -0.2) is 4.98 Å². The van der Waals surface area contributed by atoms with Gasteiger partial charge in [-0.1, -0.05) is 11.6 Å². The Morgan fingerprint density at radius 1 is 1.24 bits per heavy atom. The summed E-state index contributed by atoms with van der Waals surface area (Å²) in [7, 11) is 0. The van der Waals surface area contributed by atoms with Crippen LogP contribution < -0.4 is 10.6 Å². The molecule has 1 aromatic heterocycles. The largest absolute Gasteiger partial charge is 0.381 e. The quantitative estimate of drug-likeness (QED) is 0.426. The number of anilines is 1. The number of carbonyl (C=O) groups excluding carboxylic acids is 2. The number of halogens is 1. The monoisotopic (exact) mass is 468 g/mol. The van der Waals surface area contributed by atoms with Gasteiger partial charge in [0.05, 0.1) is 25.2 Å². The predicted molar refractivity (Wildman–Crippen MR) is 125 cm³/mol. The van der Waals surface area contributed by atoms with E-state index in [9.17, 15) is 9.59 Å². The van der Waals surface area contributed by atoms with E-state index < -0.39 is 5.91 Å². The molecule has 2 heterocycles. The van der Waals surface area contributed by atoms with Gasteiger partial charge in [0.2, 0.25) is 11.8 Å². The van der Waals surface area contributed by atoms with E-state index in [4.69, 9.17) is 32.7 Å². The lowest BCUT2D eigenvalue weighted by Crippen LogP contribution is -2.49. The number of benzene rings is 1. The molecule has 1 fully saturated rings. The van der Waals surface area contributed by atoms with Gasteiger partial charge in [-0.2, -0.15) is 5.26 Å². The summed E-state index contributed by atoms with van der Waals surface area (Å²) in [6.45, 7) is 3.15. The zero-order valence-electron chi connectivity index (χ0n) is 18.1. The van der Waals surface area contributed by atoms with Crippen LogP contribution in [0.25, 0.3) is 0 Å². The highest BCUT2D eigenvalue weighted by Crippen LogP contribution is 2.21. The van der Waals surface area contributed by atoms with Gasteiger partial charge < -0.3 is 25.7 Å². The summed E-state index contributed by atoms with van der Waals surface area (Å²) >= 11 is 6.06. The maximum Gasteiger partial charge on any atom is 0.249 e. The maximum atomic E-state index is 12.5. The number of hydrogen-bond donors (Lipinski definition) is 2. The van der Waals surface area contributed by atoms with E-state index in [1.54, 1.807) is 18.3 Å². The number of nitrogens with one attached hydrogen (secondary N) is 1. The summed E-state index contributed by atoms with van der Waals surface area (Å²) in [5.41, 5.74) is 7.23. The van der Waals surface area contributed by atoms with E-state index in [0.717, 1.165) is 12.0 Å². The number of nitrogens with zero attached hydrogens (tertiary/aromatic N) is 4. The lowest BCUT2D eigenvalue weighted by atomic mass is 9.99. The number of nitrogens with two attached hydrogens (primary N) is 1. The van der Waals surface area contributed by atoms with Gasteiger partial charge in [-0.05, 0) is 36.2 Å². The third-order valence-electron chi connectivity index (χ3n) is 5.45. The Labute approximate surface area is 197 Å². The van der Waals surface area contributed by atoms with Crippen molar-refractivity contribution in [2.24, 2.45) is 5.73 Å². The smallest absolute Gasteiger partial charge is 0.249 e. The number of rotatable bonds is 9. The van der Waals surface area contributed by atoms with Crippen LogP contribution in [-0.2, 0) is 16.0 Å². The van der Waals surface area contributed by atoms with Gasteiger partial charge in [0, 0.05) is 54.7 Å². The van der Waals surface area contributed by atoms with E-state index in [-0.39, 0.29) is 24.5 Å².